The summed E-state index contributed by atoms with van der Waals surface area (Å²) < 4.78 is 21.6. The molecule has 1 aromatic carbocycles. The standard InChI is InChI=1S/C12H17N3O3S/c13-10-3-1-9(2-4-10)12(5-6-12)11(16)15-7-8-19(14,17)18/h1-4H,5-8,13H2,(H,15,16)(H2,14,17,18). The molecule has 0 bridgehead atoms. The lowest BCUT2D eigenvalue weighted by Crippen LogP contribution is -2.38. The SMILES string of the molecule is Nc1ccc(C2(C(=O)NCCS(N)(=O)=O)CC2)cc1. The summed E-state index contributed by atoms with van der Waals surface area (Å²) >= 11 is 0. The van der Waals surface area contributed by atoms with Crippen molar-refractivity contribution in [3.05, 3.63) is 29.8 Å². The molecule has 5 N–H and O–H groups in total. The van der Waals surface area contributed by atoms with Crippen LogP contribution < -0.4 is 16.2 Å². The molecule has 1 fully saturated rings. The molecule has 1 aliphatic rings. The molecule has 0 unspecified atom stereocenters. The minimum atomic E-state index is -3.55. The molecule has 6 nitrogen and oxygen atoms in total. The van der Waals surface area contributed by atoms with Crippen molar-refractivity contribution in [1.82, 2.24) is 5.32 Å². The molecule has 0 aliphatic heterocycles. The Hall–Kier alpha value is -1.60. The van der Waals surface area contributed by atoms with Crippen LogP contribution in [0.5, 0.6) is 0 Å². The van der Waals surface area contributed by atoms with Crippen LogP contribution in [0.4, 0.5) is 5.69 Å². The summed E-state index contributed by atoms with van der Waals surface area (Å²) in [6.45, 7) is 0.0361. The maximum Gasteiger partial charge on any atom is 0.230 e. The van der Waals surface area contributed by atoms with Crippen molar-refractivity contribution in [2.75, 3.05) is 18.0 Å². The number of carbonyl (C=O) groups is 1. The second-order valence-electron chi connectivity index (χ2n) is 4.83. The number of nitrogen functional groups attached to an aromatic ring is 1. The van der Waals surface area contributed by atoms with Crippen LogP contribution in [0.2, 0.25) is 0 Å². The first-order chi connectivity index (χ1) is 8.83. The summed E-state index contributed by atoms with van der Waals surface area (Å²) in [5.41, 5.74) is 6.65. The minimum absolute atomic E-state index is 0.0361. The third-order valence-corrected chi connectivity index (χ3v) is 4.09. The molecule has 0 saturated heterocycles. The zero-order chi connectivity index (χ0) is 14.1. The van der Waals surface area contributed by atoms with E-state index in [0.29, 0.717) is 5.69 Å². The average Bonchev–Trinajstić information content (AvgIpc) is 3.09. The predicted octanol–water partition coefficient (Wildman–Crippen LogP) is -0.295. The number of nitrogens with two attached hydrogens (primary N) is 2. The zero-order valence-electron chi connectivity index (χ0n) is 10.4. The summed E-state index contributed by atoms with van der Waals surface area (Å²) in [4.78, 5) is 12.1. The minimum Gasteiger partial charge on any atom is -0.399 e. The summed E-state index contributed by atoms with van der Waals surface area (Å²) in [5, 5.41) is 7.51. The van der Waals surface area contributed by atoms with Gasteiger partial charge in [0.2, 0.25) is 15.9 Å². The van der Waals surface area contributed by atoms with Gasteiger partial charge in [0.1, 0.15) is 0 Å². The van der Waals surface area contributed by atoms with Gasteiger partial charge in [-0.2, -0.15) is 0 Å². The van der Waals surface area contributed by atoms with Crippen molar-refractivity contribution in [2.45, 2.75) is 18.3 Å². The van der Waals surface area contributed by atoms with Crippen molar-refractivity contribution >= 4 is 21.6 Å². The number of sulfonamides is 1. The lowest BCUT2D eigenvalue weighted by atomic mass is 9.95. The first-order valence-corrected chi connectivity index (χ1v) is 7.70. The molecule has 1 aromatic rings. The summed E-state index contributed by atoms with van der Waals surface area (Å²) in [7, 11) is -3.55. The molecule has 0 heterocycles. The second-order valence-corrected chi connectivity index (χ2v) is 6.56. The van der Waals surface area contributed by atoms with Crippen molar-refractivity contribution in [3.8, 4) is 0 Å². The summed E-state index contributed by atoms with van der Waals surface area (Å²) in [5.74, 6) is -0.405. The number of hydrogen-bond acceptors (Lipinski definition) is 4. The Morgan fingerprint density at radius 1 is 1.26 bits per heavy atom. The van der Waals surface area contributed by atoms with Crippen LogP contribution in [0.25, 0.3) is 0 Å². The molecule has 1 aliphatic carbocycles. The highest BCUT2D eigenvalue weighted by Crippen LogP contribution is 2.48. The lowest BCUT2D eigenvalue weighted by Gasteiger charge is -2.15. The monoisotopic (exact) mass is 283 g/mol. The van der Waals surface area contributed by atoms with Crippen LogP contribution in [0.1, 0.15) is 18.4 Å². The Labute approximate surface area is 112 Å². The van der Waals surface area contributed by atoms with E-state index in [9.17, 15) is 13.2 Å². The smallest absolute Gasteiger partial charge is 0.230 e. The predicted molar refractivity (Wildman–Crippen MR) is 72.8 cm³/mol. The fourth-order valence-electron chi connectivity index (χ4n) is 2.05. The van der Waals surface area contributed by atoms with E-state index in [-0.39, 0.29) is 18.2 Å². The normalized spacial score (nSPS) is 16.9. The van der Waals surface area contributed by atoms with Gasteiger partial charge in [-0.15, -0.1) is 0 Å². The van der Waals surface area contributed by atoms with Crippen molar-refractivity contribution in [3.63, 3.8) is 0 Å². The number of amides is 1. The van der Waals surface area contributed by atoms with E-state index < -0.39 is 15.4 Å². The van der Waals surface area contributed by atoms with E-state index in [1.807, 2.05) is 12.1 Å². The molecule has 19 heavy (non-hydrogen) atoms. The molecular weight excluding hydrogens is 266 g/mol. The highest BCUT2D eigenvalue weighted by molar-refractivity contribution is 7.89. The van der Waals surface area contributed by atoms with Gasteiger partial charge in [-0.25, -0.2) is 13.6 Å². The van der Waals surface area contributed by atoms with Gasteiger partial charge < -0.3 is 11.1 Å². The Morgan fingerprint density at radius 2 is 1.84 bits per heavy atom. The first kappa shape index (κ1) is 13.8. The maximum atomic E-state index is 12.1. The number of anilines is 1. The maximum absolute atomic E-state index is 12.1. The van der Waals surface area contributed by atoms with E-state index in [2.05, 4.69) is 5.32 Å². The Bertz CT molecular complexity index is 577. The van der Waals surface area contributed by atoms with E-state index in [1.54, 1.807) is 12.1 Å². The van der Waals surface area contributed by atoms with Crippen molar-refractivity contribution in [2.24, 2.45) is 5.14 Å². The number of carbonyl (C=O) groups excluding carboxylic acids is 1. The summed E-state index contributed by atoms with van der Waals surface area (Å²) in [6.07, 6.45) is 1.52. The van der Waals surface area contributed by atoms with Crippen LogP contribution in [0.15, 0.2) is 24.3 Å². The second kappa shape index (κ2) is 4.82. The topological polar surface area (TPSA) is 115 Å². The third-order valence-electron chi connectivity index (χ3n) is 3.32. The van der Waals surface area contributed by atoms with Crippen LogP contribution in [0, 0.1) is 0 Å². The Balaban J connectivity index is 2.00. The van der Waals surface area contributed by atoms with Gasteiger partial charge in [-0.1, -0.05) is 12.1 Å². The lowest BCUT2D eigenvalue weighted by molar-refractivity contribution is -0.123. The molecule has 0 radical (unpaired) electrons. The van der Waals surface area contributed by atoms with Gasteiger partial charge in [-0.3, -0.25) is 4.79 Å². The third kappa shape index (κ3) is 3.24. The van der Waals surface area contributed by atoms with Crippen molar-refractivity contribution < 1.29 is 13.2 Å². The molecule has 104 valence electrons. The van der Waals surface area contributed by atoms with E-state index in [1.165, 1.54) is 0 Å². The average molecular weight is 283 g/mol. The van der Waals surface area contributed by atoms with Gasteiger partial charge >= 0.3 is 0 Å². The highest BCUT2D eigenvalue weighted by Gasteiger charge is 2.50. The van der Waals surface area contributed by atoms with Crippen molar-refractivity contribution in [1.29, 1.82) is 0 Å². The van der Waals surface area contributed by atoms with Crippen LogP contribution >= 0.6 is 0 Å². The number of primary sulfonamides is 1. The highest BCUT2D eigenvalue weighted by atomic mass is 32.2. The van der Waals surface area contributed by atoms with Crippen LogP contribution in [-0.4, -0.2) is 26.6 Å². The van der Waals surface area contributed by atoms with Gasteiger partial charge in [0, 0.05) is 12.2 Å². The van der Waals surface area contributed by atoms with Gasteiger partial charge in [0.25, 0.3) is 0 Å². The molecular formula is C12H17N3O3S. The van der Waals surface area contributed by atoms with Gasteiger partial charge in [-0.05, 0) is 30.5 Å². The molecule has 7 heteroatoms. The van der Waals surface area contributed by atoms with E-state index in [0.717, 1.165) is 18.4 Å². The largest absolute Gasteiger partial charge is 0.399 e. The molecule has 2 rings (SSSR count). The number of nitrogens with one attached hydrogen (secondary N) is 1. The van der Waals surface area contributed by atoms with Crippen LogP contribution in [0.3, 0.4) is 0 Å². The van der Waals surface area contributed by atoms with Gasteiger partial charge in [0.15, 0.2) is 0 Å². The number of hydrogen-bond donors (Lipinski definition) is 3. The fraction of sp³-hybridized carbons (Fsp3) is 0.417. The molecule has 0 aromatic heterocycles. The Morgan fingerprint density at radius 3 is 2.32 bits per heavy atom. The first-order valence-electron chi connectivity index (χ1n) is 5.98. The molecule has 0 spiro atoms. The molecule has 0 atom stereocenters. The zero-order valence-corrected chi connectivity index (χ0v) is 11.2. The van der Waals surface area contributed by atoms with Crippen LogP contribution in [-0.2, 0) is 20.2 Å². The number of rotatable bonds is 5. The number of benzene rings is 1. The molecule has 1 saturated carbocycles. The van der Waals surface area contributed by atoms with Gasteiger partial charge in [0.05, 0.1) is 11.2 Å². The van der Waals surface area contributed by atoms with E-state index in [4.69, 9.17) is 10.9 Å². The fourth-order valence-corrected chi connectivity index (χ4v) is 2.44. The molecule has 1 amide bonds. The Kier molecular flexibility index (Phi) is 3.51. The quantitative estimate of drug-likeness (QED) is 0.644. The van der Waals surface area contributed by atoms with E-state index >= 15 is 0 Å². The summed E-state index contributed by atoms with van der Waals surface area (Å²) in [6, 6.07) is 7.18.